The fourth-order valence-corrected chi connectivity index (χ4v) is 1.62. The third-order valence-electron chi connectivity index (χ3n) is 2.57. The second-order valence-corrected chi connectivity index (χ2v) is 4.99. The zero-order chi connectivity index (χ0) is 14.4. The predicted octanol–water partition coefficient (Wildman–Crippen LogP) is 0.930. The molecule has 0 saturated heterocycles. The summed E-state index contributed by atoms with van der Waals surface area (Å²) in [6, 6.07) is 3.85. The molecule has 0 bridgehead atoms. The summed E-state index contributed by atoms with van der Waals surface area (Å²) in [5.41, 5.74) is 0.996. The quantitative estimate of drug-likeness (QED) is 0.810. The molecule has 7 nitrogen and oxygen atoms in total. The summed E-state index contributed by atoms with van der Waals surface area (Å²) < 4.78 is 5.54. The molecule has 0 atom stereocenters. The molecule has 0 aromatic carbocycles. The summed E-state index contributed by atoms with van der Waals surface area (Å²) >= 11 is 0. The Labute approximate surface area is 118 Å². The highest BCUT2D eigenvalue weighted by Crippen LogP contribution is 2.10. The first-order chi connectivity index (χ1) is 9.63. The molecule has 1 N–H and O–H groups in total. The molecular formula is C13H20N6O. The van der Waals surface area contributed by atoms with Gasteiger partial charge in [0, 0.05) is 6.54 Å². The van der Waals surface area contributed by atoms with E-state index < -0.39 is 0 Å². The Kier molecular flexibility index (Phi) is 5.00. The van der Waals surface area contributed by atoms with Crippen molar-refractivity contribution in [3.8, 4) is 5.75 Å². The van der Waals surface area contributed by atoms with E-state index in [0.717, 1.165) is 18.8 Å². The van der Waals surface area contributed by atoms with Crippen LogP contribution in [0.4, 0.5) is 0 Å². The Bertz CT molecular complexity index is 522. The lowest BCUT2D eigenvalue weighted by molar-refractivity contribution is 0.294. The molecule has 0 radical (unpaired) electrons. The number of nitrogens with zero attached hydrogens (tertiary/aromatic N) is 5. The van der Waals surface area contributed by atoms with Crippen LogP contribution >= 0.6 is 0 Å². The van der Waals surface area contributed by atoms with Gasteiger partial charge in [-0.05, 0) is 29.8 Å². The average molecular weight is 276 g/mol. The van der Waals surface area contributed by atoms with Gasteiger partial charge in [-0.2, -0.15) is 4.80 Å². The van der Waals surface area contributed by atoms with Crippen LogP contribution in [0.15, 0.2) is 18.3 Å². The van der Waals surface area contributed by atoms with Crippen molar-refractivity contribution in [3.63, 3.8) is 0 Å². The molecule has 0 saturated carbocycles. The first-order valence-corrected chi connectivity index (χ1v) is 6.65. The third kappa shape index (κ3) is 4.58. The van der Waals surface area contributed by atoms with Crippen LogP contribution in [-0.2, 0) is 20.2 Å². The number of hydrogen-bond acceptors (Lipinski definition) is 6. The topological polar surface area (TPSA) is 77.8 Å². The molecule has 0 amide bonds. The van der Waals surface area contributed by atoms with Crippen molar-refractivity contribution in [3.05, 3.63) is 29.8 Å². The second kappa shape index (κ2) is 6.95. The zero-order valence-corrected chi connectivity index (χ0v) is 12.1. The van der Waals surface area contributed by atoms with E-state index in [4.69, 9.17) is 4.74 Å². The second-order valence-electron chi connectivity index (χ2n) is 4.99. The van der Waals surface area contributed by atoms with Gasteiger partial charge in [-0.25, -0.2) is 0 Å². The Morgan fingerprint density at radius 2 is 2.20 bits per heavy atom. The van der Waals surface area contributed by atoms with Crippen molar-refractivity contribution in [1.29, 1.82) is 0 Å². The number of aryl methyl sites for hydroxylation is 1. The monoisotopic (exact) mass is 276 g/mol. The molecule has 0 aliphatic carbocycles. The van der Waals surface area contributed by atoms with Crippen molar-refractivity contribution in [2.45, 2.75) is 27.0 Å². The summed E-state index contributed by atoms with van der Waals surface area (Å²) in [4.78, 5) is 5.75. The number of aromatic nitrogens is 5. The molecule has 2 rings (SSSR count). The molecule has 0 aliphatic rings. The van der Waals surface area contributed by atoms with Gasteiger partial charge in [0.15, 0.2) is 6.61 Å². The van der Waals surface area contributed by atoms with Crippen molar-refractivity contribution in [1.82, 2.24) is 30.5 Å². The van der Waals surface area contributed by atoms with Gasteiger partial charge >= 0.3 is 0 Å². The molecule has 2 aromatic rings. The normalized spacial score (nSPS) is 11.0. The number of tetrazole rings is 1. The molecular weight excluding hydrogens is 256 g/mol. The first-order valence-electron chi connectivity index (χ1n) is 6.65. The number of nitrogens with one attached hydrogen (secondary N) is 1. The van der Waals surface area contributed by atoms with Crippen LogP contribution < -0.4 is 10.1 Å². The van der Waals surface area contributed by atoms with Gasteiger partial charge in [0.05, 0.1) is 18.9 Å². The maximum atomic E-state index is 5.54. The van der Waals surface area contributed by atoms with Gasteiger partial charge in [-0.15, -0.1) is 10.2 Å². The molecule has 0 fully saturated rings. The van der Waals surface area contributed by atoms with Crippen molar-refractivity contribution in [2.75, 3.05) is 6.54 Å². The minimum absolute atomic E-state index is 0.292. The van der Waals surface area contributed by atoms with Crippen LogP contribution in [0.25, 0.3) is 0 Å². The van der Waals surface area contributed by atoms with Crippen molar-refractivity contribution < 1.29 is 4.74 Å². The Balaban J connectivity index is 1.79. The van der Waals surface area contributed by atoms with Crippen LogP contribution in [-0.4, -0.2) is 31.7 Å². The van der Waals surface area contributed by atoms with Gasteiger partial charge in [0.25, 0.3) is 0 Å². The molecule has 2 heterocycles. The van der Waals surface area contributed by atoms with Crippen molar-refractivity contribution in [2.24, 2.45) is 13.0 Å². The molecule has 0 aliphatic heterocycles. The molecule has 0 unspecified atom stereocenters. The Morgan fingerprint density at radius 1 is 1.35 bits per heavy atom. The maximum Gasteiger partial charge on any atom is 0.212 e. The highest BCUT2D eigenvalue weighted by molar-refractivity contribution is 5.19. The Morgan fingerprint density at radius 3 is 2.80 bits per heavy atom. The lowest BCUT2D eigenvalue weighted by atomic mass is 10.2. The zero-order valence-electron chi connectivity index (χ0n) is 12.1. The number of hydrogen-bond donors (Lipinski definition) is 1. The van der Waals surface area contributed by atoms with E-state index in [2.05, 4.69) is 39.6 Å². The van der Waals surface area contributed by atoms with Gasteiger partial charge in [0.1, 0.15) is 5.75 Å². The third-order valence-corrected chi connectivity index (χ3v) is 2.57. The maximum absolute atomic E-state index is 5.54. The van der Waals surface area contributed by atoms with Gasteiger partial charge < -0.3 is 10.1 Å². The van der Waals surface area contributed by atoms with E-state index in [9.17, 15) is 0 Å². The van der Waals surface area contributed by atoms with Gasteiger partial charge in [0.2, 0.25) is 5.82 Å². The number of rotatable bonds is 7. The van der Waals surface area contributed by atoms with Crippen LogP contribution in [0.2, 0.25) is 0 Å². The average Bonchev–Trinajstić information content (AvgIpc) is 2.83. The first kappa shape index (κ1) is 14.4. The lowest BCUT2D eigenvalue weighted by Gasteiger charge is -2.07. The summed E-state index contributed by atoms with van der Waals surface area (Å²) in [6.45, 7) is 6.40. The molecule has 2 aromatic heterocycles. The summed E-state index contributed by atoms with van der Waals surface area (Å²) in [5.74, 6) is 1.89. The molecule has 0 spiro atoms. The predicted molar refractivity (Wildman–Crippen MR) is 73.9 cm³/mol. The largest absolute Gasteiger partial charge is 0.484 e. The highest BCUT2D eigenvalue weighted by Gasteiger charge is 2.02. The fraction of sp³-hybridized carbons (Fsp3) is 0.538. The Hall–Kier alpha value is -2.02. The molecule has 20 heavy (non-hydrogen) atoms. The van der Waals surface area contributed by atoms with E-state index in [-0.39, 0.29) is 0 Å². The van der Waals surface area contributed by atoms with Gasteiger partial charge in [-0.1, -0.05) is 13.8 Å². The molecule has 7 heteroatoms. The SMILES string of the molecule is CC(C)CNCc1ccc(OCc2nnn(C)n2)cn1. The summed E-state index contributed by atoms with van der Waals surface area (Å²) in [5, 5.41) is 15.0. The summed E-state index contributed by atoms with van der Waals surface area (Å²) in [6.07, 6.45) is 1.71. The molecule has 108 valence electrons. The van der Waals surface area contributed by atoms with E-state index in [0.29, 0.717) is 24.1 Å². The van der Waals surface area contributed by atoms with E-state index >= 15 is 0 Å². The van der Waals surface area contributed by atoms with Crippen LogP contribution in [0, 0.1) is 5.92 Å². The minimum Gasteiger partial charge on any atom is -0.484 e. The van der Waals surface area contributed by atoms with E-state index in [1.54, 1.807) is 13.2 Å². The smallest absolute Gasteiger partial charge is 0.212 e. The van der Waals surface area contributed by atoms with Crippen LogP contribution in [0.3, 0.4) is 0 Å². The fourth-order valence-electron chi connectivity index (χ4n) is 1.62. The van der Waals surface area contributed by atoms with Gasteiger partial charge in [-0.3, -0.25) is 4.98 Å². The standard InChI is InChI=1S/C13H20N6O/c1-10(2)6-14-7-11-4-5-12(8-15-11)20-9-13-16-18-19(3)17-13/h4-5,8,10,14H,6-7,9H2,1-3H3. The summed E-state index contributed by atoms with van der Waals surface area (Å²) in [7, 11) is 1.72. The lowest BCUT2D eigenvalue weighted by Crippen LogP contribution is -2.19. The van der Waals surface area contributed by atoms with E-state index in [1.165, 1.54) is 4.80 Å². The van der Waals surface area contributed by atoms with Crippen LogP contribution in [0.1, 0.15) is 25.4 Å². The number of pyridine rings is 1. The number of ether oxygens (including phenoxy) is 1. The van der Waals surface area contributed by atoms with Crippen LogP contribution in [0.5, 0.6) is 5.75 Å². The van der Waals surface area contributed by atoms with Crippen molar-refractivity contribution >= 4 is 0 Å². The highest BCUT2D eigenvalue weighted by atomic mass is 16.5. The minimum atomic E-state index is 0.292. The van der Waals surface area contributed by atoms with E-state index in [1.807, 2.05) is 12.1 Å².